The summed E-state index contributed by atoms with van der Waals surface area (Å²) in [6.07, 6.45) is 1.72. The van der Waals surface area contributed by atoms with Gasteiger partial charge in [0.15, 0.2) is 0 Å². The second kappa shape index (κ2) is 13.0. The molecule has 0 radical (unpaired) electrons. The van der Waals surface area contributed by atoms with E-state index in [2.05, 4.69) is 163 Å². The van der Waals surface area contributed by atoms with Crippen LogP contribution in [0, 0.1) is 0 Å². The van der Waals surface area contributed by atoms with E-state index in [1.54, 1.807) is 0 Å². The summed E-state index contributed by atoms with van der Waals surface area (Å²) in [4.78, 5) is 0. The molecular weight excluding hydrogens is 561 g/mol. The molecule has 0 aliphatic carbocycles. The molecule has 2 atom stereocenters. The van der Waals surface area contributed by atoms with Gasteiger partial charge in [0.1, 0.15) is 6.10 Å². The number of hydrogen-bond donors (Lipinski definition) is 0. The van der Waals surface area contributed by atoms with E-state index < -0.39 is 16.6 Å². The van der Waals surface area contributed by atoms with Gasteiger partial charge in [-0.3, -0.25) is 0 Å². The molecule has 226 valence electrons. The monoisotopic (exact) mass is 608 g/mol. The van der Waals surface area contributed by atoms with Gasteiger partial charge < -0.3 is 13.6 Å². The van der Waals surface area contributed by atoms with Crippen LogP contribution in [0.3, 0.4) is 0 Å². The van der Waals surface area contributed by atoms with Gasteiger partial charge in [-0.25, -0.2) is 0 Å². The molecule has 5 heteroatoms. The largest absolute Gasteiger partial charge is 0.405 e. The van der Waals surface area contributed by atoms with Gasteiger partial charge in [-0.05, 0) is 43.7 Å². The Hall–Kier alpha value is -2.81. The lowest BCUT2D eigenvalue weighted by Crippen LogP contribution is -2.69. The summed E-state index contributed by atoms with van der Waals surface area (Å²) in [5.41, 5.74) is 0. The van der Waals surface area contributed by atoms with Crippen molar-refractivity contribution in [1.82, 2.24) is 0 Å². The molecule has 0 bridgehead atoms. The Kier molecular flexibility index (Phi) is 9.59. The molecule has 1 fully saturated rings. The number of rotatable bonds is 9. The zero-order valence-electron chi connectivity index (χ0n) is 26.8. The van der Waals surface area contributed by atoms with Gasteiger partial charge in [0.05, 0.1) is 12.7 Å². The van der Waals surface area contributed by atoms with Crippen LogP contribution in [0.4, 0.5) is 0 Å². The third-order valence-electron chi connectivity index (χ3n) is 9.01. The molecular formula is C38H48O3Si2. The minimum Gasteiger partial charge on any atom is -0.405 e. The summed E-state index contributed by atoms with van der Waals surface area (Å²) in [7, 11) is -5.45. The maximum Gasteiger partial charge on any atom is 0.261 e. The number of hydrogen-bond acceptors (Lipinski definition) is 3. The van der Waals surface area contributed by atoms with Gasteiger partial charge >= 0.3 is 0 Å². The first-order valence-corrected chi connectivity index (χ1v) is 19.6. The molecule has 1 saturated heterocycles. The van der Waals surface area contributed by atoms with E-state index in [0.29, 0.717) is 6.61 Å². The fraction of sp³-hybridized carbons (Fsp3) is 0.368. The molecule has 0 saturated carbocycles. The van der Waals surface area contributed by atoms with Crippen molar-refractivity contribution in [3.8, 4) is 0 Å². The fourth-order valence-corrected chi connectivity index (χ4v) is 16.3. The molecule has 4 aromatic carbocycles. The maximum absolute atomic E-state index is 7.64. The molecule has 5 rings (SSSR count). The summed E-state index contributed by atoms with van der Waals surface area (Å²) in [6, 6.07) is 43.6. The second-order valence-electron chi connectivity index (χ2n) is 13.8. The quantitative estimate of drug-likeness (QED) is 0.198. The molecule has 43 heavy (non-hydrogen) atoms. The highest BCUT2D eigenvalue weighted by Crippen LogP contribution is 2.40. The predicted molar refractivity (Wildman–Crippen MR) is 185 cm³/mol. The van der Waals surface area contributed by atoms with E-state index in [4.69, 9.17) is 13.6 Å². The van der Waals surface area contributed by atoms with Gasteiger partial charge in [0.25, 0.3) is 16.6 Å². The maximum atomic E-state index is 7.64. The van der Waals surface area contributed by atoms with E-state index >= 15 is 0 Å². The Morgan fingerprint density at radius 1 is 0.581 bits per heavy atom. The Labute approximate surface area is 261 Å². The van der Waals surface area contributed by atoms with Crippen molar-refractivity contribution in [3.63, 3.8) is 0 Å². The lowest BCUT2D eigenvalue weighted by Gasteiger charge is -2.48. The number of benzene rings is 4. The molecule has 0 unspecified atom stereocenters. The summed E-state index contributed by atoms with van der Waals surface area (Å²) in [6.45, 7) is 15.3. The Morgan fingerprint density at radius 3 is 1.33 bits per heavy atom. The van der Waals surface area contributed by atoms with Gasteiger partial charge in [-0.2, -0.15) is 0 Å². The topological polar surface area (TPSA) is 27.7 Å². The van der Waals surface area contributed by atoms with Crippen LogP contribution in [0.15, 0.2) is 121 Å². The molecule has 0 N–H and O–H groups in total. The third kappa shape index (κ3) is 6.24. The first-order valence-electron chi connectivity index (χ1n) is 15.7. The van der Waals surface area contributed by atoms with E-state index in [1.165, 1.54) is 20.7 Å². The summed E-state index contributed by atoms with van der Waals surface area (Å²) in [5, 5.41) is 4.97. The molecule has 1 heterocycles. The third-order valence-corrected chi connectivity index (χ3v) is 19.1. The van der Waals surface area contributed by atoms with E-state index in [0.717, 1.165) is 19.4 Å². The molecule has 1 aliphatic rings. The van der Waals surface area contributed by atoms with Crippen molar-refractivity contribution in [1.29, 1.82) is 0 Å². The second-order valence-corrected chi connectivity index (χ2v) is 22.4. The molecule has 4 aromatic rings. The summed E-state index contributed by atoms with van der Waals surface area (Å²) < 4.78 is 21.6. The standard InChI is InChI=1S/C38H48O3Si2/c1-37(2,3)42(31-20-11-7-12-21-31,32-22-13-8-14-23-32)40-30-36-35(28-19-29-39-36)41-43(38(4,5)6,33-24-15-9-16-25-33)34-26-17-10-18-27-34/h7-18,20-27,35-36H,19,28-30H2,1-6H3/t35-,36+/m0/s1. The SMILES string of the molecule is CC(C)(C)[Si](OC[C@H]1OCCC[C@@H]1O[Si](c1ccccc1)(c1ccccc1)C(C)(C)C)(c1ccccc1)c1ccccc1. The molecule has 3 nitrogen and oxygen atoms in total. The first-order chi connectivity index (χ1) is 20.6. The van der Waals surface area contributed by atoms with Crippen LogP contribution in [0.1, 0.15) is 54.4 Å². The molecule has 1 aliphatic heterocycles. The van der Waals surface area contributed by atoms with Crippen LogP contribution >= 0.6 is 0 Å². The summed E-state index contributed by atoms with van der Waals surface area (Å²) >= 11 is 0. The number of ether oxygens (including phenoxy) is 1. The van der Waals surface area contributed by atoms with E-state index in [1.807, 2.05) is 0 Å². The highest BCUT2D eigenvalue weighted by molar-refractivity contribution is 7.00. The van der Waals surface area contributed by atoms with Crippen molar-refractivity contribution in [2.24, 2.45) is 0 Å². The Bertz CT molecular complexity index is 1340. The lowest BCUT2D eigenvalue weighted by atomic mass is 10.1. The Balaban J connectivity index is 1.55. The van der Waals surface area contributed by atoms with Crippen molar-refractivity contribution in [2.75, 3.05) is 13.2 Å². The van der Waals surface area contributed by atoms with Crippen molar-refractivity contribution in [3.05, 3.63) is 121 Å². The van der Waals surface area contributed by atoms with Crippen LogP contribution in [0.2, 0.25) is 10.1 Å². The highest BCUT2D eigenvalue weighted by atomic mass is 28.4. The van der Waals surface area contributed by atoms with Gasteiger partial charge in [-0.15, -0.1) is 0 Å². The summed E-state index contributed by atoms with van der Waals surface area (Å²) in [5.74, 6) is 0. The van der Waals surface area contributed by atoms with E-state index in [-0.39, 0.29) is 22.3 Å². The van der Waals surface area contributed by atoms with Crippen LogP contribution in [-0.4, -0.2) is 42.1 Å². The zero-order chi connectivity index (χ0) is 30.6. The van der Waals surface area contributed by atoms with Crippen LogP contribution in [0.5, 0.6) is 0 Å². The zero-order valence-corrected chi connectivity index (χ0v) is 28.8. The van der Waals surface area contributed by atoms with Crippen molar-refractivity contribution < 1.29 is 13.6 Å². The molecule has 0 amide bonds. The predicted octanol–water partition coefficient (Wildman–Crippen LogP) is 6.69. The highest BCUT2D eigenvalue weighted by Gasteiger charge is 2.54. The fourth-order valence-electron chi connectivity index (χ4n) is 6.99. The average molecular weight is 609 g/mol. The van der Waals surface area contributed by atoms with Crippen molar-refractivity contribution >= 4 is 37.4 Å². The van der Waals surface area contributed by atoms with Crippen molar-refractivity contribution in [2.45, 2.75) is 76.7 Å². The normalized spacial score (nSPS) is 18.4. The Morgan fingerprint density at radius 2 is 0.953 bits per heavy atom. The van der Waals surface area contributed by atoms with E-state index in [9.17, 15) is 0 Å². The van der Waals surface area contributed by atoms with Crippen LogP contribution in [0.25, 0.3) is 0 Å². The minimum absolute atomic E-state index is 0.0710. The molecule has 0 aromatic heterocycles. The molecule has 0 spiro atoms. The van der Waals surface area contributed by atoms with Crippen LogP contribution < -0.4 is 20.7 Å². The smallest absolute Gasteiger partial charge is 0.261 e. The van der Waals surface area contributed by atoms with Gasteiger partial charge in [0, 0.05) is 6.61 Å². The first kappa shape index (κ1) is 31.6. The van der Waals surface area contributed by atoms with Gasteiger partial charge in [-0.1, -0.05) is 163 Å². The minimum atomic E-state index is -2.74. The van der Waals surface area contributed by atoms with Crippen LogP contribution in [-0.2, 0) is 13.6 Å². The lowest BCUT2D eigenvalue weighted by molar-refractivity contribution is -0.0848. The average Bonchev–Trinajstić information content (AvgIpc) is 3.01. The van der Waals surface area contributed by atoms with Gasteiger partial charge in [0.2, 0.25) is 0 Å².